The summed E-state index contributed by atoms with van der Waals surface area (Å²) in [7, 11) is 0. The average molecular weight is 422 g/mol. The van der Waals surface area contributed by atoms with E-state index in [-0.39, 0.29) is 29.4 Å². The molecule has 1 saturated heterocycles. The van der Waals surface area contributed by atoms with Gasteiger partial charge in [0.05, 0.1) is 12.5 Å². The number of nitrogens with zero attached hydrogens (tertiary/aromatic N) is 9. The van der Waals surface area contributed by atoms with E-state index in [0.29, 0.717) is 49.0 Å². The third-order valence-electron chi connectivity index (χ3n) is 5.59. The lowest BCUT2D eigenvalue weighted by molar-refractivity contribution is -0.131. The Labute approximate surface area is 176 Å². The highest BCUT2D eigenvalue weighted by atomic mass is 16.2. The summed E-state index contributed by atoms with van der Waals surface area (Å²) < 4.78 is 3.37. The van der Waals surface area contributed by atoms with Gasteiger partial charge in [-0.1, -0.05) is 5.21 Å². The first-order valence-electron chi connectivity index (χ1n) is 10.2. The summed E-state index contributed by atoms with van der Waals surface area (Å²) in [5.41, 5.74) is 2.22. The molecule has 1 N–H and O–H groups in total. The molecule has 0 unspecified atom stereocenters. The fourth-order valence-electron chi connectivity index (χ4n) is 4.09. The van der Waals surface area contributed by atoms with Gasteiger partial charge < -0.3 is 9.88 Å². The van der Waals surface area contributed by atoms with E-state index in [2.05, 4.69) is 35.3 Å². The quantitative estimate of drug-likeness (QED) is 0.497. The molecule has 1 amide bonds. The maximum absolute atomic E-state index is 12.8. The molecule has 5 rings (SSSR count). The second kappa shape index (κ2) is 7.22. The summed E-state index contributed by atoms with van der Waals surface area (Å²) in [6.07, 6.45) is 1.54. The monoisotopic (exact) mass is 422 g/mol. The van der Waals surface area contributed by atoms with Gasteiger partial charge in [0.2, 0.25) is 5.91 Å². The number of hydrogen-bond donors (Lipinski definition) is 1. The van der Waals surface area contributed by atoms with Crippen LogP contribution >= 0.6 is 0 Å². The topological polar surface area (TPSA) is 140 Å². The van der Waals surface area contributed by atoms with Crippen molar-refractivity contribution in [3.05, 3.63) is 39.5 Å². The summed E-state index contributed by atoms with van der Waals surface area (Å²) in [5, 5.41) is 12.6. The summed E-state index contributed by atoms with van der Waals surface area (Å²) >= 11 is 0. The summed E-state index contributed by atoms with van der Waals surface area (Å²) in [5.74, 6) is 1.48. The first-order chi connectivity index (χ1) is 14.9. The Morgan fingerprint density at radius 2 is 1.94 bits per heavy atom. The zero-order valence-corrected chi connectivity index (χ0v) is 17.5. The normalized spacial score (nSPS) is 15.3. The number of amides is 1. The molecule has 4 aromatic heterocycles. The molecular formula is C19H22N10O2. The number of carbonyl (C=O) groups is 1. The van der Waals surface area contributed by atoms with E-state index in [4.69, 9.17) is 0 Å². The van der Waals surface area contributed by atoms with Crippen LogP contribution in [0.15, 0.2) is 10.9 Å². The van der Waals surface area contributed by atoms with E-state index >= 15 is 0 Å². The number of carbonyl (C=O) groups excluding carboxylic acids is 1. The van der Waals surface area contributed by atoms with Gasteiger partial charge in [-0.15, -0.1) is 10.2 Å². The highest BCUT2D eigenvalue weighted by Gasteiger charge is 2.27. The zero-order valence-electron chi connectivity index (χ0n) is 17.5. The molecular weight excluding hydrogens is 400 g/mol. The van der Waals surface area contributed by atoms with Crippen LogP contribution < -0.4 is 5.56 Å². The number of hydrogen-bond acceptors (Lipinski definition) is 8. The molecule has 5 heterocycles. The van der Waals surface area contributed by atoms with E-state index in [9.17, 15) is 9.59 Å². The number of fused-ring (bicyclic) bond motifs is 2. The molecule has 31 heavy (non-hydrogen) atoms. The highest BCUT2D eigenvalue weighted by molar-refractivity contribution is 5.78. The Morgan fingerprint density at radius 3 is 2.71 bits per heavy atom. The highest BCUT2D eigenvalue weighted by Crippen LogP contribution is 2.24. The van der Waals surface area contributed by atoms with Crippen LogP contribution in [-0.2, 0) is 11.2 Å². The van der Waals surface area contributed by atoms with Crippen molar-refractivity contribution < 1.29 is 4.79 Å². The number of H-pyrrole nitrogens is 1. The van der Waals surface area contributed by atoms with Gasteiger partial charge in [0.25, 0.3) is 11.3 Å². The molecule has 0 spiro atoms. The van der Waals surface area contributed by atoms with E-state index in [1.807, 2.05) is 24.8 Å². The average Bonchev–Trinajstić information content (AvgIpc) is 3.32. The fourth-order valence-corrected chi connectivity index (χ4v) is 4.09. The number of rotatable bonds is 3. The molecule has 0 bridgehead atoms. The van der Waals surface area contributed by atoms with E-state index in [1.54, 1.807) is 16.1 Å². The van der Waals surface area contributed by atoms with E-state index < -0.39 is 0 Å². The van der Waals surface area contributed by atoms with Crippen molar-refractivity contribution in [2.45, 2.75) is 46.1 Å². The fraction of sp³-hybridized carbons (Fsp3) is 0.474. The number of nitrogens with one attached hydrogen (secondary N) is 1. The Hall–Kier alpha value is -3.70. The van der Waals surface area contributed by atoms with Crippen LogP contribution in [0.4, 0.5) is 0 Å². The Kier molecular flexibility index (Phi) is 4.49. The van der Waals surface area contributed by atoms with Crippen molar-refractivity contribution in [3.8, 4) is 0 Å². The second-order valence-electron chi connectivity index (χ2n) is 7.93. The van der Waals surface area contributed by atoms with E-state index in [0.717, 1.165) is 11.4 Å². The minimum atomic E-state index is -0.291. The van der Waals surface area contributed by atoms with Crippen molar-refractivity contribution in [2.75, 3.05) is 13.1 Å². The molecule has 0 radical (unpaired) electrons. The smallest absolute Gasteiger partial charge is 0.281 e. The van der Waals surface area contributed by atoms with Crippen molar-refractivity contribution in [3.63, 3.8) is 0 Å². The molecule has 1 fully saturated rings. The Bertz CT molecular complexity index is 1360. The minimum absolute atomic E-state index is 0.0161. The molecule has 12 nitrogen and oxygen atoms in total. The van der Waals surface area contributed by atoms with Gasteiger partial charge in [0.1, 0.15) is 5.82 Å². The molecule has 1 aliphatic rings. The molecule has 0 atom stereocenters. The third kappa shape index (κ3) is 3.43. The van der Waals surface area contributed by atoms with Crippen LogP contribution in [0.25, 0.3) is 16.9 Å². The molecule has 0 aromatic carbocycles. The lowest BCUT2D eigenvalue weighted by atomic mass is 10.0. The van der Waals surface area contributed by atoms with Gasteiger partial charge in [0.15, 0.2) is 17.0 Å². The van der Waals surface area contributed by atoms with Crippen molar-refractivity contribution in [1.82, 2.24) is 49.4 Å². The lowest BCUT2D eigenvalue weighted by Gasteiger charge is -2.31. The van der Waals surface area contributed by atoms with Gasteiger partial charge in [-0.3, -0.25) is 9.59 Å². The number of aryl methyl sites for hydroxylation is 3. The van der Waals surface area contributed by atoms with Crippen LogP contribution in [-0.4, -0.2) is 68.4 Å². The van der Waals surface area contributed by atoms with E-state index in [1.165, 1.54) is 0 Å². The third-order valence-corrected chi connectivity index (χ3v) is 5.59. The maximum Gasteiger partial charge on any atom is 0.281 e. The van der Waals surface area contributed by atoms with Gasteiger partial charge in [-0.25, -0.2) is 19.2 Å². The lowest BCUT2D eigenvalue weighted by Crippen LogP contribution is -2.40. The van der Waals surface area contributed by atoms with Crippen LogP contribution in [0.3, 0.4) is 0 Å². The summed E-state index contributed by atoms with van der Waals surface area (Å²) in [4.78, 5) is 42.5. The first-order valence-corrected chi connectivity index (χ1v) is 10.2. The van der Waals surface area contributed by atoms with Gasteiger partial charge in [-0.2, -0.15) is 4.98 Å². The SMILES string of the molecule is Cc1cc(C)n2nc(CC(=O)N3CCC(n4nnc5c(=O)[nH]c(C)nc54)CC3)nc2n1. The molecule has 160 valence electrons. The largest absolute Gasteiger partial charge is 0.342 e. The number of aromatic amines is 1. The number of aromatic nitrogens is 9. The summed E-state index contributed by atoms with van der Waals surface area (Å²) in [6.45, 7) is 6.73. The Morgan fingerprint density at radius 1 is 1.16 bits per heavy atom. The van der Waals surface area contributed by atoms with Crippen molar-refractivity contribution in [1.29, 1.82) is 0 Å². The van der Waals surface area contributed by atoms with Gasteiger partial charge in [0, 0.05) is 24.5 Å². The van der Waals surface area contributed by atoms with Crippen molar-refractivity contribution >= 4 is 22.8 Å². The predicted octanol–water partition coefficient (Wildman–Crippen LogP) is 0.284. The molecule has 12 heteroatoms. The number of piperidine rings is 1. The first kappa shape index (κ1) is 19.3. The van der Waals surface area contributed by atoms with Crippen molar-refractivity contribution in [2.24, 2.45) is 0 Å². The molecule has 0 aliphatic carbocycles. The van der Waals surface area contributed by atoms with Crippen LogP contribution in [0.5, 0.6) is 0 Å². The zero-order chi connectivity index (χ0) is 21.7. The molecule has 0 saturated carbocycles. The summed E-state index contributed by atoms with van der Waals surface area (Å²) in [6, 6.07) is 1.96. The number of likely N-dealkylation sites (tertiary alicyclic amines) is 1. The van der Waals surface area contributed by atoms with Crippen LogP contribution in [0.2, 0.25) is 0 Å². The standard InChI is InChI=1S/C19H22N10O2/c1-10-8-11(2)28-19(20-10)23-14(25-28)9-15(30)27-6-4-13(5-7-27)29-17-16(24-26-29)18(31)22-12(3)21-17/h8,13H,4-7,9H2,1-3H3,(H,21,22,31). The van der Waals surface area contributed by atoms with Crippen LogP contribution in [0, 0.1) is 20.8 Å². The minimum Gasteiger partial charge on any atom is -0.342 e. The predicted molar refractivity (Wildman–Crippen MR) is 109 cm³/mol. The van der Waals surface area contributed by atoms with Gasteiger partial charge in [-0.05, 0) is 39.7 Å². The van der Waals surface area contributed by atoms with Crippen LogP contribution in [0.1, 0.15) is 41.9 Å². The molecule has 4 aromatic rings. The second-order valence-corrected chi connectivity index (χ2v) is 7.93. The van der Waals surface area contributed by atoms with Gasteiger partial charge >= 0.3 is 0 Å². The maximum atomic E-state index is 12.8. The molecule has 1 aliphatic heterocycles. The Balaban J connectivity index is 1.28.